The van der Waals surface area contributed by atoms with E-state index in [0.717, 1.165) is 28.2 Å². The number of benzene rings is 1. The maximum Gasteiger partial charge on any atom is 0.123 e. The number of aromatic nitrogens is 1. The number of nitrogens with two attached hydrogens (primary N) is 1. The molecule has 1 aromatic heterocycles. The van der Waals surface area contributed by atoms with Gasteiger partial charge in [0.1, 0.15) is 11.6 Å². The van der Waals surface area contributed by atoms with Crippen LogP contribution in [-0.2, 0) is 17.8 Å². The van der Waals surface area contributed by atoms with E-state index in [-0.39, 0.29) is 0 Å². The third-order valence-electron chi connectivity index (χ3n) is 2.58. The highest BCUT2D eigenvalue weighted by molar-refractivity contribution is 7.13. The highest BCUT2D eigenvalue weighted by atomic mass is 32.1. The molecule has 0 aliphatic carbocycles. The molecule has 0 unspecified atom stereocenters. The molecule has 19 heavy (non-hydrogen) atoms. The van der Waals surface area contributed by atoms with Gasteiger partial charge >= 0.3 is 0 Å². The lowest BCUT2D eigenvalue weighted by molar-refractivity contribution is 0.153. The van der Waals surface area contributed by atoms with Gasteiger partial charge in [0.2, 0.25) is 0 Å². The Morgan fingerprint density at radius 1 is 1.42 bits per heavy atom. The first kappa shape index (κ1) is 13.8. The van der Waals surface area contributed by atoms with Crippen molar-refractivity contribution in [2.24, 2.45) is 5.73 Å². The molecular weight excluding hydrogens is 256 g/mol. The van der Waals surface area contributed by atoms with E-state index in [2.05, 4.69) is 28.4 Å². The van der Waals surface area contributed by atoms with E-state index in [0.29, 0.717) is 19.8 Å². The Labute approximate surface area is 117 Å². The Bertz CT molecular complexity index is 572. The van der Waals surface area contributed by atoms with Gasteiger partial charge in [-0.25, -0.2) is 4.98 Å². The third-order valence-corrected chi connectivity index (χ3v) is 3.52. The summed E-state index contributed by atoms with van der Waals surface area (Å²) >= 11 is 1.64. The van der Waals surface area contributed by atoms with E-state index in [1.165, 1.54) is 0 Å². The summed E-state index contributed by atoms with van der Waals surface area (Å²) in [5.74, 6) is 2.46. The molecule has 0 radical (unpaired) electrons. The summed E-state index contributed by atoms with van der Waals surface area (Å²) in [5, 5.41) is 3.08. The SMILES string of the molecule is C#CCOCc1cccc(-c2nc(CCN)cs2)c1. The quantitative estimate of drug-likeness (QED) is 0.649. The molecule has 0 atom stereocenters. The monoisotopic (exact) mass is 272 g/mol. The Morgan fingerprint density at radius 3 is 3.11 bits per heavy atom. The lowest BCUT2D eigenvalue weighted by Crippen LogP contribution is -2.02. The van der Waals surface area contributed by atoms with Crippen LogP contribution in [0.4, 0.5) is 0 Å². The number of hydrogen-bond donors (Lipinski definition) is 1. The van der Waals surface area contributed by atoms with Gasteiger partial charge in [-0.1, -0.05) is 24.1 Å². The predicted octanol–water partition coefficient (Wildman–Crippen LogP) is 2.46. The lowest BCUT2D eigenvalue weighted by atomic mass is 10.1. The van der Waals surface area contributed by atoms with Crippen molar-refractivity contribution in [3.63, 3.8) is 0 Å². The summed E-state index contributed by atoms with van der Waals surface area (Å²) in [6, 6.07) is 8.17. The first-order valence-corrected chi connectivity index (χ1v) is 6.96. The van der Waals surface area contributed by atoms with Gasteiger partial charge < -0.3 is 10.5 Å². The molecule has 0 saturated carbocycles. The van der Waals surface area contributed by atoms with E-state index < -0.39 is 0 Å². The van der Waals surface area contributed by atoms with Crippen LogP contribution in [0.5, 0.6) is 0 Å². The predicted molar refractivity (Wildman–Crippen MR) is 78.8 cm³/mol. The number of terminal acetylenes is 1. The summed E-state index contributed by atoms with van der Waals surface area (Å²) in [5.41, 5.74) is 8.79. The fourth-order valence-corrected chi connectivity index (χ4v) is 2.58. The molecule has 0 bridgehead atoms. The second kappa shape index (κ2) is 7.05. The normalized spacial score (nSPS) is 10.3. The average molecular weight is 272 g/mol. The number of thiazole rings is 1. The molecule has 0 spiro atoms. The minimum absolute atomic E-state index is 0.335. The first-order valence-electron chi connectivity index (χ1n) is 6.08. The minimum Gasteiger partial charge on any atom is -0.364 e. The molecule has 1 aromatic carbocycles. The zero-order valence-corrected chi connectivity index (χ0v) is 11.5. The number of ether oxygens (including phenoxy) is 1. The second-order valence-corrected chi connectivity index (χ2v) is 4.94. The van der Waals surface area contributed by atoms with E-state index in [1.807, 2.05) is 12.1 Å². The van der Waals surface area contributed by atoms with Gasteiger partial charge in [0, 0.05) is 17.4 Å². The number of hydrogen-bond acceptors (Lipinski definition) is 4. The van der Waals surface area contributed by atoms with Crippen molar-refractivity contribution in [1.82, 2.24) is 4.98 Å². The van der Waals surface area contributed by atoms with E-state index in [1.54, 1.807) is 11.3 Å². The Balaban J connectivity index is 2.11. The molecule has 0 fully saturated rings. The molecule has 0 saturated heterocycles. The molecule has 2 aromatic rings. The summed E-state index contributed by atoms with van der Waals surface area (Å²) in [6.07, 6.45) is 5.97. The summed E-state index contributed by atoms with van der Waals surface area (Å²) in [4.78, 5) is 4.57. The fourth-order valence-electron chi connectivity index (χ4n) is 1.72. The van der Waals surface area contributed by atoms with Crippen LogP contribution < -0.4 is 5.73 Å². The molecule has 0 aliphatic rings. The van der Waals surface area contributed by atoms with Crippen LogP contribution in [0.15, 0.2) is 29.6 Å². The van der Waals surface area contributed by atoms with Crippen molar-refractivity contribution < 1.29 is 4.74 Å². The van der Waals surface area contributed by atoms with Crippen molar-refractivity contribution >= 4 is 11.3 Å². The Hall–Kier alpha value is -1.67. The zero-order chi connectivity index (χ0) is 13.5. The summed E-state index contributed by atoms with van der Waals surface area (Å²) in [6.45, 7) is 1.49. The molecule has 2 N–H and O–H groups in total. The molecule has 3 nitrogen and oxygen atoms in total. The van der Waals surface area contributed by atoms with Crippen LogP contribution in [0.25, 0.3) is 10.6 Å². The summed E-state index contributed by atoms with van der Waals surface area (Å²) in [7, 11) is 0. The van der Waals surface area contributed by atoms with Crippen LogP contribution in [0.2, 0.25) is 0 Å². The molecule has 1 heterocycles. The van der Waals surface area contributed by atoms with Crippen LogP contribution in [0.1, 0.15) is 11.3 Å². The molecule has 2 rings (SSSR count). The van der Waals surface area contributed by atoms with Crippen molar-refractivity contribution in [2.75, 3.05) is 13.2 Å². The highest BCUT2D eigenvalue weighted by Gasteiger charge is 2.05. The van der Waals surface area contributed by atoms with Gasteiger partial charge in [0.25, 0.3) is 0 Å². The molecule has 0 aliphatic heterocycles. The third kappa shape index (κ3) is 3.90. The van der Waals surface area contributed by atoms with Crippen LogP contribution >= 0.6 is 11.3 Å². The van der Waals surface area contributed by atoms with Gasteiger partial charge in [0.15, 0.2) is 0 Å². The van der Waals surface area contributed by atoms with E-state index >= 15 is 0 Å². The maximum atomic E-state index is 5.53. The van der Waals surface area contributed by atoms with Crippen molar-refractivity contribution in [3.05, 3.63) is 40.9 Å². The molecule has 4 heteroatoms. The van der Waals surface area contributed by atoms with Crippen molar-refractivity contribution in [3.8, 4) is 22.9 Å². The smallest absolute Gasteiger partial charge is 0.123 e. The highest BCUT2D eigenvalue weighted by Crippen LogP contribution is 2.24. The van der Waals surface area contributed by atoms with Gasteiger partial charge in [-0.15, -0.1) is 17.8 Å². The molecular formula is C15H16N2OS. The van der Waals surface area contributed by atoms with Gasteiger partial charge in [-0.05, 0) is 18.2 Å². The largest absolute Gasteiger partial charge is 0.364 e. The lowest BCUT2D eigenvalue weighted by Gasteiger charge is -2.03. The number of rotatable bonds is 6. The fraction of sp³-hybridized carbons (Fsp3) is 0.267. The standard InChI is InChI=1S/C15H16N2OS/c1-2-8-18-10-12-4-3-5-13(9-12)15-17-14(6-7-16)11-19-15/h1,3-5,9,11H,6-8,10,16H2. The van der Waals surface area contributed by atoms with Gasteiger partial charge in [-0.3, -0.25) is 0 Å². The Morgan fingerprint density at radius 2 is 2.32 bits per heavy atom. The van der Waals surface area contributed by atoms with E-state index in [4.69, 9.17) is 16.9 Å². The first-order chi connectivity index (χ1) is 9.33. The number of nitrogens with zero attached hydrogens (tertiary/aromatic N) is 1. The molecule has 98 valence electrons. The minimum atomic E-state index is 0.335. The molecule has 0 amide bonds. The van der Waals surface area contributed by atoms with Gasteiger partial charge in [0.05, 0.1) is 12.3 Å². The van der Waals surface area contributed by atoms with E-state index in [9.17, 15) is 0 Å². The maximum absolute atomic E-state index is 5.53. The van der Waals surface area contributed by atoms with Crippen LogP contribution in [0.3, 0.4) is 0 Å². The van der Waals surface area contributed by atoms with Crippen molar-refractivity contribution in [1.29, 1.82) is 0 Å². The summed E-state index contributed by atoms with van der Waals surface area (Å²) < 4.78 is 5.33. The Kier molecular flexibility index (Phi) is 5.10. The second-order valence-electron chi connectivity index (χ2n) is 4.08. The average Bonchev–Trinajstić information content (AvgIpc) is 2.89. The zero-order valence-electron chi connectivity index (χ0n) is 10.6. The van der Waals surface area contributed by atoms with Crippen LogP contribution in [0, 0.1) is 12.3 Å². The van der Waals surface area contributed by atoms with Crippen molar-refractivity contribution in [2.45, 2.75) is 13.0 Å². The topological polar surface area (TPSA) is 48.1 Å². The van der Waals surface area contributed by atoms with Gasteiger partial charge in [-0.2, -0.15) is 0 Å². The van der Waals surface area contributed by atoms with Crippen LogP contribution in [-0.4, -0.2) is 18.1 Å².